The van der Waals surface area contributed by atoms with Gasteiger partial charge in [0.2, 0.25) is 0 Å². The SMILES string of the molecule is CCCCCCCCCCCCCCC(=S)O[C@H]1CO[C@H](CO)[C@@H](O)[C@@H]1O. The molecule has 0 unspecified atom stereocenters. The largest absolute Gasteiger partial charge is 0.479 e. The first kappa shape index (κ1) is 24.8. The van der Waals surface area contributed by atoms with Gasteiger partial charge in [-0.2, -0.15) is 0 Å². The molecule has 6 heteroatoms. The molecule has 0 saturated carbocycles. The highest BCUT2D eigenvalue weighted by Crippen LogP contribution is 2.19. The third-order valence-corrected chi connectivity index (χ3v) is 5.58. The van der Waals surface area contributed by atoms with Gasteiger partial charge in [-0.3, -0.25) is 0 Å². The lowest BCUT2D eigenvalue weighted by molar-refractivity contribution is -0.191. The van der Waals surface area contributed by atoms with Gasteiger partial charge in [0.1, 0.15) is 18.3 Å². The Labute approximate surface area is 170 Å². The van der Waals surface area contributed by atoms with Crippen LogP contribution >= 0.6 is 12.2 Å². The molecular weight excluding hydrogens is 364 g/mol. The van der Waals surface area contributed by atoms with E-state index in [-0.39, 0.29) is 13.2 Å². The maximum absolute atomic E-state index is 10.0. The first-order valence-electron chi connectivity index (χ1n) is 10.9. The summed E-state index contributed by atoms with van der Waals surface area (Å²) in [5.41, 5.74) is 0. The molecule has 0 spiro atoms. The molecule has 3 N–H and O–H groups in total. The third kappa shape index (κ3) is 10.7. The fourth-order valence-corrected chi connectivity index (χ4v) is 3.73. The monoisotopic (exact) mass is 404 g/mol. The van der Waals surface area contributed by atoms with Crippen molar-refractivity contribution in [1.29, 1.82) is 0 Å². The average Bonchev–Trinajstić information content (AvgIpc) is 2.66. The van der Waals surface area contributed by atoms with Crippen molar-refractivity contribution in [2.45, 2.75) is 115 Å². The van der Waals surface area contributed by atoms with Crippen molar-refractivity contribution < 1.29 is 24.8 Å². The Morgan fingerprint density at radius 3 is 1.93 bits per heavy atom. The zero-order chi connectivity index (χ0) is 19.9. The number of hydrogen-bond acceptors (Lipinski definition) is 6. The lowest BCUT2D eigenvalue weighted by atomic mass is 10.0. The number of thiocarbonyl (C=S) groups is 1. The number of aliphatic hydroxyl groups is 3. The quantitative estimate of drug-likeness (QED) is 0.284. The summed E-state index contributed by atoms with van der Waals surface area (Å²) < 4.78 is 10.9. The van der Waals surface area contributed by atoms with Crippen LogP contribution in [0.5, 0.6) is 0 Å². The van der Waals surface area contributed by atoms with E-state index in [0.29, 0.717) is 11.5 Å². The van der Waals surface area contributed by atoms with Crippen molar-refractivity contribution in [3.8, 4) is 0 Å². The molecule has 4 atom stereocenters. The Balaban J connectivity index is 1.96. The molecular formula is C21H40O5S. The van der Waals surface area contributed by atoms with E-state index in [1.807, 2.05) is 0 Å². The van der Waals surface area contributed by atoms with E-state index in [0.717, 1.165) is 12.8 Å². The maximum atomic E-state index is 10.0. The van der Waals surface area contributed by atoms with Crippen LogP contribution in [-0.4, -0.2) is 58.0 Å². The van der Waals surface area contributed by atoms with Crippen LogP contribution in [0, 0.1) is 0 Å². The normalized spacial score (nSPS) is 25.5. The van der Waals surface area contributed by atoms with Crippen LogP contribution < -0.4 is 0 Å². The minimum absolute atomic E-state index is 0.127. The van der Waals surface area contributed by atoms with Crippen molar-refractivity contribution in [3.63, 3.8) is 0 Å². The van der Waals surface area contributed by atoms with Gasteiger partial charge in [-0.1, -0.05) is 77.6 Å². The summed E-state index contributed by atoms with van der Waals surface area (Å²) in [5, 5.41) is 29.4. The molecule has 1 fully saturated rings. The number of aliphatic hydroxyl groups excluding tert-OH is 3. The van der Waals surface area contributed by atoms with Gasteiger partial charge in [0.15, 0.2) is 11.2 Å². The first-order valence-corrected chi connectivity index (χ1v) is 11.3. The van der Waals surface area contributed by atoms with Crippen LogP contribution in [0.3, 0.4) is 0 Å². The number of hydrogen-bond donors (Lipinski definition) is 3. The second-order valence-electron chi connectivity index (χ2n) is 7.70. The smallest absolute Gasteiger partial charge is 0.160 e. The van der Waals surface area contributed by atoms with Gasteiger partial charge in [0.25, 0.3) is 0 Å². The van der Waals surface area contributed by atoms with Crippen LogP contribution in [0.4, 0.5) is 0 Å². The van der Waals surface area contributed by atoms with Crippen LogP contribution in [0.25, 0.3) is 0 Å². The van der Waals surface area contributed by atoms with Crippen LogP contribution in [0.15, 0.2) is 0 Å². The summed E-state index contributed by atoms with van der Waals surface area (Å²) in [6.45, 7) is 2.06. The van der Waals surface area contributed by atoms with Gasteiger partial charge in [0.05, 0.1) is 13.2 Å². The summed E-state index contributed by atoms with van der Waals surface area (Å²) in [6, 6.07) is 0. The minimum atomic E-state index is -1.15. The predicted octanol–water partition coefficient (Wildman–Crippen LogP) is 3.90. The molecule has 0 aromatic carbocycles. The molecule has 1 aliphatic heterocycles. The van der Waals surface area contributed by atoms with Crippen molar-refractivity contribution >= 4 is 17.3 Å². The molecule has 1 aliphatic rings. The molecule has 0 aromatic heterocycles. The van der Waals surface area contributed by atoms with Crippen LogP contribution in [0.1, 0.15) is 90.4 Å². The molecule has 0 bridgehead atoms. The molecule has 0 aromatic rings. The van der Waals surface area contributed by atoms with E-state index < -0.39 is 24.4 Å². The molecule has 0 aliphatic carbocycles. The van der Waals surface area contributed by atoms with E-state index >= 15 is 0 Å². The Kier molecular flexibility index (Phi) is 14.3. The molecule has 160 valence electrons. The average molecular weight is 405 g/mol. The van der Waals surface area contributed by atoms with Gasteiger partial charge < -0.3 is 24.8 Å². The van der Waals surface area contributed by atoms with Crippen LogP contribution in [-0.2, 0) is 9.47 Å². The van der Waals surface area contributed by atoms with Gasteiger partial charge in [-0.15, -0.1) is 0 Å². The molecule has 0 radical (unpaired) electrons. The highest BCUT2D eigenvalue weighted by Gasteiger charge is 2.39. The topological polar surface area (TPSA) is 79.2 Å². The molecule has 0 amide bonds. The third-order valence-electron chi connectivity index (χ3n) is 5.28. The van der Waals surface area contributed by atoms with E-state index in [9.17, 15) is 10.2 Å². The minimum Gasteiger partial charge on any atom is -0.479 e. The zero-order valence-electron chi connectivity index (χ0n) is 17.0. The van der Waals surface area contributed by atoms with E-state index in [1.165, 1.54) is 64.2 Å². The lowest BCUT2D eigenvalue weighted by Crippen LogP contribution is -2.55. The Morgan fingerprint density at radius 2 is 1.41 bits per heavy atom. The summed E-state index contributed by atoms with van der Waals surface area (Å²) >= 11 is 5.24. The second kappa shape index (κ2) is 15.6. The van der Waals surface area contributed by atoms with Crippen LogP contribution in [0.2, 0.25) is 0 Å². The van der Waals surface area contributed by atoms with Crippen molar-refractivity contribution in [2.75, 3.05) is 13.2 Å². The Hall–Kier alpha value is -0.270. The Bertz CT molecular complexity index is 380. The van der Waals surface area contributed by atoms with Crippen molar-refractivity contribution in [3.05, 3.63) is 0 Å². The summed E-state index contributed by atoms with van der Waals surface area (Å²) in [4.78, 5) is 0. The highest BCUT2D eigenvalue weighted by molar-refractivity contribution is 7.80. The number of ether oxygens (including phenoxy) is 2. The molecule has 1 heterocycles. The van der Waals surface area contributed by atoms with Gasteiger partial charge in [0, 0.05) is 6.42 Å². The zero-order valence-corrected chi connectivity index (χ0v) is 17.8. The summed E-state index contributed by atoms with van der Waals surface area (Å²) in [6.07, 6.45) is 12.6. The van der Waals surface area contributed by atoms with Crippen molar-refractivity contribution in [1.82, 2.24) is 0 Å². The molecule has 1 saturated heterocycles. The second-order valence-corrected chi connectivity index (χ2v) is 8.16. The highest BCUT2D eigenvalue weighted by atomic mass is 32.1. The van der Waals surface area contributed by atoms with Gasteiger partial charge in [-0.05, 0) is 18.6 Å². The molecule has 27 heavy (non-hydrogen) atoms. The fraction of sp³-hybridized carbons (Fsp3) is 0.952. The summed E-state index contributed by atoms with van der Waals surface area (Å²) in [5.74, 6) is 0. The Morgan fingerprint density at radius 1 is 0.889 bits per heavy atom. The number of unbranched alkanes of at least 4 members (excludes halogenated alkanes) is 11. The predicted molar refractivity (Wildman–Crippen MR) is 112 cm³/mol. The van der Waals surface area contributed by atoms with Crippen molar-refractivity contribution in [2.24, 2.45) is 0 Å². The molecule has 5 nitrogen and oxygen atoms in total. The summed E-state index contributed by atoms with van der Waals surface area (Å²) in [7, 11) is 0. The molecule has 1 rings (SSSR count). The first-order chi connectivity index (χ1) is 13.1. The van der Waals surface area contributed by atoms with E-state index in [2.05, 4.69) is 6.92 Å². The number of rotatable bonds is 15. The lowest BCUT2D eigenvalue weighted by Gasteiger charge is -2.36. The van der Waals surface area contributed by atoms with E-state index in [4.69, 9.17) is 26.8 Å². The maximum Gasteiger partial charge on any atom is 0.160 e. The van der Waals surface area contributed by atoms with Gasteiger partial charge >= 0.3 is 0 Å². The fourth-order valence-electron chi connectivity index (χ4n) is 3.46. The van der Waals surface area contributed by atoms with Gasteiger partial charge in [-0.25, -0.2) is 0 Å². The standard InChI is InChI=1S/C21H40O5S/c1-2-3-4-5-6-7-8-9-10-11-12-13-14-19(27)26-18-16-25-17(15-22)20(23)21(18)24/h17-18,20-24H,2-16H2,1H3/t17-,18+,20-,21-/m1/s1. The van der Waals surface area contributed by atoms with E-state index in [1.54, 1.807) is 0 Å².